The molecule has 19 heavy (non-hydrogen) atoms. The number of hydrogen-bond donors (Lipinski definition) is 1. The summed E-state index contributed by atoms with van der Waals surface area (Å²) in [6, 6.07) is 0.103. The van der Waals surface area contributed by atoms with E-state index in [4.69, 9.17) is 5.73 Å². The molecule has 0 aromatic carbocycles. The molecule has 3 nitrogen and oxygen atoms in total. The lowest BCUT2D eigenvalue weighted by atomic mass is 10.0. The zero-order chi connectivity index (χ0) is 13.8. The molecule has 0 aliphatic heterocycles. The first-order valence-corrected chi connectivity index (χ1v) is 7.85. The van der Waals surface area contributed by atoms with E-state index in [1.165, 1.54) is 57.8 Å². The number of aromatic nitrogens is 2. The number of nitrogens with zero attached hydrogens (tertiary/aromatic N) is 2. The monoisotopic (exact) mass is 263 g/mol. The molecular weight excluding hydrogens is 234 g/mol. The van der Waals surface area contributed by atoms with E-state index in [-0.39, 0.29) is 6.04 Å². The van der Waals surface area contributed by atoms with Gasteiger partial charge in [-0.1, -0.05) is 64.7 Å². The van der Waals surface area contributed by atoms with E-state index in [0.717, 1.165) is 12.0 Å². The van der Waals surface area contributed by atoms with Gasteiger partial charge in [-0.2, -0.15) is 0 Å². The third-order valence-electron chi connectivity index (χ3n) is 3.63. The van der Waals surface area contributed by atoms with Crippen molar-refractivity contribution in [1.82, 2.24) is 9.97 Å². The number of hydrogen-bond acceptors (Lipinski definition) is 3. The largest absolute Gasteiger partial charge is 0.324 e. The van der Waals surface area contributed by atoms with E-state index in [1.54, 1.807) is 6.33 Å². The van der Waals surface area contributed by atoms with Gasteiger partial charge in [-0.15, -0.1) is 0 Å². The van der Waals surface area contributed by atoms with Crippen LogP contribution >= 0.6 is 0 Å². The molecule has 0 saturated heterocycles. The van der Waals surface area contributed by atoms with Gasteiger partial charge in [0.05, 0.1) is 0 Å². The van der Waals surface area contributed by atoms with Crippen LogP contribution < -0.4 is 5.73 Å². The fourth-order valence-corrected chi connectivity index (χ4v) is 2.34. The van der Waals surface area contributed by atoms with Crippen LogP contribution in [0.5, 0.6) is 0 Å². The Hall–Kier alpha value is -0.960. The molecule has 1 aromatic rings. The molecule has 0 amide bonds. The molecule has 3 heteroatoms. The average Bonchev–Trinajstić information content (AvgIpc) is 2.46. The second kappa shape index (κ2) is 10.9. The van der Waals surface area contributed by atoms with Gasteiger partial charge in [0.2, 0.25) is 0 Å². The Bertz CT molecular complexity index is 300. The van der Waals surface area contributed by atoms with E-state index in [0.29, 0.717) is 0 Å². The fraction of sp³-hybridized carbons (Fsp3) is 0.750. The Labute approximate surface area is 118 Å². The summed E-state index contributed by atoms with van der Waals surface area (Å²) >= 11 is 0. The van der Waals surface area contributed by atoms with Crippen LogP contribution in [0.25, 0.3) is 0 Å². The third kappa shape index (κ3) is 7.93. The van der Waals surface area contributed by atoms with E-state index >= 15 is 0 Å². The van der Waals surface area contributed by atoms with Crippen molar-refractivity contribution in [3.8, 4) is 0 Å². The molecule has 1 aromatic heterocycles. The predicted molar refractivity (Wildman–Crippen MR) is 80.8 cm³/mol. The van der Waals surface area contributed by atoms with Gasteiger partial charge in [0.1, 0.15) is 6.33 Å². The topological polar surface area (TPSA) is 51.8 Å². The van der Waals surface area contributed by atoms with Crippen LogP contribution in [0.15, 0.2) is 18.7 Å². The lowest BCUT2D eigenvalue weighted by Crippen LogP contribution is -2.10. The van der Waals surface area contributed by atoms with E-state index in [2.05, 4.69) is 16.9 Å². The second-order valence-electron chi connectivity index (χ2n) is 5.40. The van der Waals surface area contributed by atoms with Crippen LogP contribution in [-0.2, 0) is 0 Å². The van der Waals surface area contributed by atoms with Gasteiger partial charge in [0.25, 0.3) is 0 Å². The summed E-state index contributed by atoms with van der Waals surface area (Å²) in [6.45, 7) is 2.26. The number of unbranched alkanes of at least 4 members (excludes halogenated alkanes) is 8. The van der Waals surface area contributed by atoms with Crippen molar-refractivity contribution in [3.63, 3.8) is 0 Å². The summed E-state index contributed by atoms with van der Waals surface area (Å²) < 4.78 is 0. The van der Waals surface area contributed by atoms with Gasteiger partial charge < -0.3 is 5.73 Å². The maximum absolute atomic E-state index is 6.11. The highest BCUT2D eigenvalue weighted by Gasteiger charge is 2.05. The first kappa shape index (κ1) is 16.1. The van der Waals surface area contributed by atoms with Crippen LogP contribution in [-0.4, -0.2) is 9.97 Å². The maximum Gasteiger partial charge on any atom is 0.115 e. The van der Waals surface area contributed by atoms with Gasteiger partial charge in [0.15, 0.2) is 0 Å². The molecule has 0 aliphatic rings. The first-order valence-electron chi connectivity index (χ1n) is 7.85. The van der Waals surface area contributed by atoms with Crippen LogP contribution in [0.4, 0.5) is 0 Å². The Morgan fingerprint density at radius 2 is 1.42 bits per heavy atom. The molecule has 0 fully saturated rings. The van der Waals surface area contributed by atoms with E-state index in [9.17, 15) is 0 Å². The molecule has 0 aliphatic carbocycles. The third-order valence-corrected chi connectivity index (χ3v) is 3.63. The molecule has 108 valence electrons. The van der Waals surface area contributed by atoms with Crippen molar-refractivity contribution >= 4 is 0 Å². The minimum Gasteiger partial charge on any atom is -0.324 e. The average molecular weight is 263 g/mol. The van der Waals surface area contributed by atoms with Crippen molar-refractivity contribution in [2.24, 2.45) is 5.73 Å². The van der Waals surface area contributed by atoms with Crippen molar-refractivity contribution in [2.75, 3.05) is 0 Å². The lowest BCUT2D eigenvalue weighted by Gasteiger charge is -2.10. The van der Waals surface area contributed by atoms with Crippen molar-refractivity contribution in [3.05, 3.63) is 24.3 Å². The Kier molecular flexibility index (Phi) is 9.25. The highest BCUT2D eigenvalue weighted by atomic mass is 14.8. The number of nitrogens with two attached hydrogens (primary N) is 1. The predicted octanol–water partition coefficient (Wildman–Crippen LogP) is 4.40. The Balaban J connectivity index is 1.93. The zero-order valence-electron chi connectivity index (χ0n) is 12.4. The van der Waals surface area contributed by atoms with Crippen LogP contribution in [0.1, 0.15) is 82.7 Å². The normalized spacial score (nSPS) is 12.5. The van der Waals surface area contributed by atoms with Gasteiger partial charge in [-0.05, 0) is 6.42 Å². The van der Waals surface area contributed by atoms with Crippen molar-refractivity contribution in [2.45, 2.75) is 77.2 Å². The molecule has 0 bridgehead atoms. The second-order valence-corrected chi connectivity index (χ2v) is 5.40. The molecule has 0 radical (unpaired) electrons. The molecule has 2 N–H and O–H groups in total. The van der Waals surface area contributed by atoms with Crippen molar-refractivity contribution in [1.29, 1.82) is 0 Å². The summed E-state index contributed by atoms with van der Waals surface area (Å²) in [5, 5.41) is 0. The summed E-state index contributed by atoms with van der Waals surface area (Å²) in [7, 11) is 0. The maximum atomic E-state index is 6.11. The summed E-state index contributed by atoms with van der Waals surface area (Å²) in [6.07, 6.45) is 18.4. The minimum absolute atomic E-state index is 0.103. The molecule has 0 saturated carbocycles. The standard InChI is InChI=1S/C16H29N3/c1-2-3-4-5-6-7-8-9-10-11-16(17)15-12-18-14-19-13-15/h12-14,16H,2-11,17H2,1H3. The fourth-order valence-electron chi connectivity index (χ4n) is 2.34. The van der Waals surface area contributed by atoms with Gasteiger partial charge in [-0.25, -0.2) is 9.97 Å². The van der Waals surface area contributed by atoms with E-state index in [1.807, 2.05) is 12.4 Å². The molecule has 1 atom stereocenters. The summed E-state index contributed by atoms with van der Waals surface area (Å²) in [5.74, 6) is 0. The Morgan fingerprint density at radius 1 is 0.895 bits per heavy atom. The van der Waals surface area contributed by atoms with Crippen LogP contribution in [0, 0.1) is 0 Å². The van der Waals surface area contributed by atoms with Crippen LogP contribution in [0.3, 0.4) is 0 Å². The van der Waals surface area contributed by atoms with Crippen LogP contribution in [0.2, 0.25) is 0 Å². The minimum atomic E-state index is 0.103. The smallest absolute Gasteiger partial charge is 0.115 e. The molecule has 1 heterocycles. The van der Waals surface area contributed by atoms with Gasteiger partial charge >= 0.3 is 0 Å². The Morgan fingerprint density at radius 3 is 2.00 bits per heavy atom. The van der Waals surface area contributed by atoms with Gasteiger partial charge in [-0.3, -0.25) is 0 Å². The quantitative estimate of drug-likeness (QED) is 0.602. The molecule has 0 spiro atoms. The van der Waals surface area contributed by atoms with Crippen molar-refractivity contribution < 1.29 is 0 Å². The summed E-state index contributed by atoms with van der Waals surface area (Å²) in [5.41, 5.74) is 7.17. The first-order chi connectivity index (χ1) is 9.34. The number of rotatable bonds is 11. The molecular formula is C16H29N3. The highest BCUT2D eigenvalue weighted by molar-refractivity contribution is 5.07. The molecule has 1 rings (SSSR count). The van der Waals surface area contributed by atoms with E-state index < -0.39 is 0 Å². The van der Waals surface area contributed by atoms with Gasteiger partial charge in [0, 0.05) is 24.0 Å². The zero-order valence-corrected chi connectivity index (χ0v) is 12.4. The highest BCUT2D eigenvalue weighted by Crippen LogP contribution is 2.16. The lowest BCUT2D eigenvalue weighted by molar-refractivity contribution is 0.531. The summed E-state index contributed by atoms with van der Waals surface area (Å²) in [4.78, 5) is 8.02. The SMILES string of the molecule is CCCCCCCCCCCC(N)c1cncnc1. The molecule has 1 unspecified atom stereocenters.